The summed E-state index contributed by atoms with van der Waals surface area (Å²) in [6, 6.07) is 3.97. The Hall–Kier alpha value is -2.15. The second-order valence-electron chi connectivity index (χ2n) is 3.90. The molecule has 1 atom stereocenters. The molecule has 0 aromatic carbocycles. The SMILES string of the molecule is CCOc1ccc(Nc2nnc(C(C)NC)o2)cn1. The van der Waals surface area contributed by atoms with E-state index in [1.165, 1.54) is 0 Å². The van der Waals surface area contributed by atoms with Gasteiger partial charge in [-0.05, 0) is 27.0 Å². The molecule has 19 heavy (non-hydrogen) atoms. The van der Waals surface area contributed by atoms with Gasteiger partial charge < -0.3 is 19.8 Å². The summed E-state index contributed by atoms with van der Waals surface area (Å²) in [6.45, 7) is 4.45. The van der Waals surface area contributed by atoms with E-state index in [1.807, 2.05) is 27.0 Å². The fourth-order valence-corrected chi connectivity index (χ4v) is 1.39. The number of nitrogens with zero attached hydrogens (tertiary/aromatic N) is 3. The van der Waals surface area contributed by atoms with E-state index in [0.29, 0.717) is 24.4 Å². The predicted octanol–water partition coefficient (Wildman–Crippen LogP) is 1.89. The highest BCUT2D eigenvalue weighted by Crippen LogP contribution is 2.18. The normalized spacial score (nSPS) is 12.2. The van der Waals surface area contributed by atoms with Gasteiger partial charge in [-0.1, -0.05) is 5.10 Å². The van der Waals surface area contributed by atoms with Crippen molar-refractivity contribution in [2.24, 2.45) is 0 Å². The van der Waals surface area contributed by atoms with Gasteiger partial charge in [0.25, 0.3) is 0 Å². The Morgan fingerprint density at radius 1 is 1.37 bits per heavy atom. The number of anilines is 2. The molecule has 2 rings (SSSR count). The van der Waals surface area contributed by atoms with Gasteiger partial charge in [0.15, 0.2) is 0 Å². The van der Waals surface area contributed by atoms with Crippen LogP contribution in [0.5, 0.6) is 5.88 Å². The fraction of sp³-hybridized carbons (Fsp3) is 0.417. The fourth-order valence-electron chi connectivity index (χ4n) is 1.39. The predicted molar refractivity (Wildman–Crippen MR) is 70.5 cm³/mol. The van der Waals surface area contributed by atoms with Gasteiger partial charge in [0.1, 0.15) is 0 Å². The molecule has 2 aromatic rings. The third-order valence-corrected chi connectivity index (χ3v) is 2.52. The third kappa shape index (κ3) is 3.41. The molecule has 0 bridgehead atoms. The lowest BCUT2D eigenvalue weighted by atomic mass is 10.3. The molecule has 7 nitrogen and oxygen atoms in total. The van der Waals surface area contributed by atoms with E-state index >= 15 is 0 Å². The molecule has 7 heteroatoms. The van der Waals surface area contributed by atoms with Gasteiger partial charge in [0.05, 0.1) is 24.5 Å². The first-order valence-electron chi connectivity index (χ1n) is 6.09. The molecule has 0 aliphatic heterocycles. The van der Waals surface area contributed by atoms with Crippen molar-refractivity contribution in [3.05, 3.63) is 24.2 Å². The minimum Gasteiger partial charge on any atom is -0.478 e. The van der Waals surface area contributed by atoms with Crippen molar-refractivity contribution in [1.29, 1.82) is 0 Å². The summed E-state index contributed by atoms with van der Waals surface area (Å²) >= 11 is 0. The minimum atomic E-state index is 0.0153. The zero-order chi connectivity index (χ0) is 13.7. The van der Waals surface area contributed by atoms with Crippen molar-refractivity contribution in [3.63, 3.8) is 0 Å². The van der Waals surface area contributed by atoms with Gasteiger partial charge in [-0.15, -0.1) is 5.10 Å². The molecule has 0 amide bonds. The van der Waals surface area contributed by atoms with Crippen molar-refractivity contribution in [1.82, 2.24) is 20.5 Å². The average molecular weight is 263 g/mol. The van der Waals surface area contributed by atoms with Crippen LogP contribution in [0.25, 0.3) is 0 Å². The van der Waals surface area contributed by atoms with Crippen LogP contribution in [0.3, 0.4) is 0 Å². The van der Waals surface area contributed by atoms with Crippen LogP contribution in [-0.4, -0.2) is 28.8 Å². The molecule has 0 aliphatic carbocycles. The lowest BCUT2D eigenvalue weighted by Gasteiger charge is -2.04. The summed E-state index contributed by atoms with van der Waals surface area (Å²) in [6.07, 6.45) is 1.65. The van der Waals surface area contributed by atoms with Crippen molar-refractivity contribution in [2.45, 2.75) is 19.9 Å². The van der Waals surface area contributed by atoms with Crippen LogP contribution in [-0.2, 0) is 0 Å². The molecule has 0 radical (unpaired) electrons. The quantitative estimate of drug-likeness (QED) is 0.823. The lowest BCUT2D eigenvalue weighted by molar-refractivity contribution is 0.327. The van der Waals surface area contributed by atoms with Gasteiger partial charge >= 0.3 is 6.01 Å². The molecule has 0 spiro atoms. The van der Waals surface area contributed by atoms with E-state index in [9.17, 15) is 0 Å². The number of hydrogen-bond donors (Lipinski definition) is 2. The Labute approximate surface area is 111 Å². The van der Waals surface area contributed by atoms with E-state index in [4.69, 9.17) is 9.15 Å². The molecule has 0 saturated carbocycles. The number of nitrogens with one attached hydrogen (secondary N) is 2. The number of ether oxygens (including phenoxy) is 1. The maximum absolute atomic E-state index is 5.46. The van der Waals surface area contributed by atoms with Crippen molar-refractivity contribution in [3.8, 4) is 5.88 Å². The van der Waals surface area contributed by atoms with Crippen LogP contribution in [0.15, 0.2) is 22.7 Å². The Balaban J connectivity index is 2.02. The monoisotopic (exact) mass is 263 g/mol. The molecule has 1 unspecified atom stereocenters. The standard InChI is InChI=1S/C12H17N5O2/c1-4-18-10-6-5-9(7-14-10)15-12-17-16-11(19-12)8(2)13-3/h5-8,13H,4H2,1-3H3,(H,15,17). The largest absolute Gasteiger partial charge is 0.478 e. The minimum absolute atomic E-state index is 0.0153. The van der Waals surface area contributed by atoms with Crippen LogP contribution in [0.2, 0.25) is 0 Å². The van der Waals surface area contributed by atoms with Crippen LogP contribution >= 0.6 is 0 Å². The summed E-state index contributed by atoms with van der Waals surface area (Å²) in [5.41, 5.74) is 0.760. The molecule has 0 fully saturated rings. The summed E-state index contributed by atoms with van der Waals surface area (Å²) in [4.78, 5) is 4.14. The summed E-state index contributed by atoms with van der Waals surface area (Å²) < 4.78 is 10.7. The number of rotatable bonds is 6. The molecular weight excluding hydrogens is 246 g/mol. The van der Waals surface area contributed by atoms with Crippen molar-refractivity contribution >= 4 is 11.7 Å². The third-order valence-electron chi connectivity index (χ3n) is 2.52. The maximum Gasteiger partial charge on any atom is 0.320 e. The molecule has 102 valence electrons. The van der Waals surface area contributed by atoms with E-state index in [2.05, 4.69) is 25.8 Å². The van der Waals surface area contributed by atoms with Gasteiger partial charge in [0.2, 0.25) is 11.8 Å². The van der Waals surface area contributed by atoms with Crippen LogP contribution in [0, 0.1) is 0 Å². The van der Waals surface area contributed by atoms with Gasteiger partial charge in [-0.25, -0.2) is 4.98 Å². The molecule has 2 aromatic heterocycles. The van der Waals surface area contributed by atoms with Crippen LogP contribution < -0.4 is 15.4 Å². The number of pyridine rings is 1. The molecule has 2 N–H and O–H groups in total. The topological polar surface area (TPSA) is 85.1 Å². The second kappa shape index (κ2) is 6.14. The smallest absolute Gasteiger partial charge is 0.320 e. The lowest BCUT2D eigenvalue weighted by Crippen LogP contribution is -2.12. The van der Waals surface area contributed by atoms with Crippen molar-refractivity contribution < 1.29 is 9.15 Å². The zero-order valence-corrected chi connectivity index (χ0v) is 11.2. The first kappa shape index (κ1) is 13.3. The maximum atomic E-state index is 5.46. The molecule has 0 saturated heterocycles. The molecule has 0 aliphatic rings. The Morgan fingerprint density at radius 2 is 2.21 bits per heavy atom. The second-order valence-corrected chi connectivity index (χ2v) is 3.90. The Bertz CT molecular complexity index is 511. The highest BCUT2D eigenvalue weighted by molar-refractivity contribution is 5.50. The summed E-state index contributed by atoms with van der Waals surface area (Å²) in [7, 11) is 1.83. The number of hydrogen-bond acceptors (Lipinski definition) is 7. The van der Waals surface area contributed by atoms with E-state index < -0.39 is 0 Å². The van der Waals surface area contributed by atoms with Gasteiger partial charge in [-0.3, -0.25) is 0 Å². The van der Waals surface area contributed by atoms with Crippen molar-refractivity contribution in [2.75, 3.05) is 19.0 Å². The Morgan fingerprint density at radius 3 is 2.84 bits per heavy atom. The van der Waals surface area contributed by atoms with Crippen LogP contribution in [0.1, 0.15) is 25.8 Å². The number of aromatic nitrogens is 3. The van der Waals surface area contributed by atoms with E-state index in [0.717, 1.165) is 5.69 Å². The first-order valence-corrected chi connectivity index (χ1v) is 6.09. The van der Waals surface area contributed by atoms with E-state index in [1.54, 1.807) is 12.3 Å². The van der Waals surface area contributed by atoms with Gasteiger partial charge in [0, 0.05) is 6.07 Å². The molecule has 2 heterocycles. The van der Waals surface area contributed by atoms with E-state index in [-0.39, 0.29) is 6.04 Å². The Kier molecular flexibility index (Phi) is 4.30. The van der Waals surface area contributed by atoms with Crippen LogP contribution in [0.4, 0.5) is 11.7 Å². The highest BCUT2D eigenvalue weighted by Gasteiger charge is 2.11. The zero-order valence-electron chi connectivity index (χ0n) is 11.2. The highest BCUT2D eigenvalue weighted by atomic mass is 16.5. The first-order chi connectivity index (χ1) is 9.22. The average Bonchev–Trinajstić information content (AvgIpc) is 2.89. The molecular formula is C12H17N5O2. The van der Waals surface area contributed by atoms with Gasteiger partial charge in [-0.2, -0.15) is 0 Å². The summed E-state index contributed by atoms with van der Waals surface area (Å²) in [5, 5.41) is 13.9. The summed E-state index contributed by atoms with van der Waals surface area (Å²) in [5.74, 6) is 1.12.